The Kier molecular flexibility index (Phi) is 4.04. The molecule has 1 atom stereocenters. The molecule has 1 aromatic carbocycles. The maximum absolute atomic E-state index is 14.0. The molecule has 5 nitrogen and oxygen atoms in total. The number of carbonyl (C=O) groups is 1. The molecule has 0 unspecified atom stereocenters. The summed E-state index contributed by atoms with van der Waals surface area (Å²) >= 11 is 0. The van der Waals surface area contributed by atoms with Crippen molar-refractivity contribution in [3.8, 4) is 0 Å². The van der Waals surface area contributed by atoms with Crippen molar-refractivity contribution < 1.29 is 9.18 Å². The SMILES string of the molecule is O=C(c1ccccc1F)N1CCCC[C@@H]1c1nncn1CC1CC1. The molecule has 1 saturated carbocycles. The molecule has 1 amide bonds. The van der Waals surface area contributed by atoms with E-state index in [9.17, 15) is 9.18 Å². The molecule has 2 fully saturated rings. The van der Waals surface area contributed by atoms with Crippen LogP contribution in [0.15, 0.2) is 30.6 Å². The topological polar surface area (TPSA) is 51.0 Å². The molecule has 126 valence electrons. The Morgan fingerprint density at radius 3 is 2.83 bits per heavy atom. The van der Waals surface area contributed by atoms with Crippen molar-refractivity contribution in [2.75, 3.05) is 6.54 Å². The number of likely N-dealkylation sites (tertiary alicyclic amines) is 1. The van der Waals surface area contributed by atoms with Crippen molar-refractivity contribution in [2.24, 2.45) is 5.92 Å². The molecular formula is C18H21FN4O. The molecule has 1 aromatic heterocycles. The van der Waals surface area contributed by atoms with Gasteiger partial charge in [-0.2, -0.15) is 0 Å². The Bertz CT molecular complexity index is 740. The number of amides is 1. The number of piperidine rings is 1. The van der Waals surface area contributed by atoms with E-state index in [-0.39, 0.29) is 17.5 Å². The van der Waals surface area contributed by atoms with Crippen molar-refractivity contribution in [3.63, 3.8) is 0 Å². The molecule has 24 heavy (non-hydrogen) atoms. The van der Waals surface area contributed by atoms with Crippen molar-refractivity contribution in [2.45, 2.75) is 44.7 Å². The van der Waals surface area contributed by atoms with E-state index >= 15 is 0 Å². The van der Waals surface area contributed by atoms with Gasteiger partial charge < -0.3 is 9.47 Å². The smallest absolute Gasteiger partial charge is 0.257 e. The van der Waals surface area contributed by atoms with E-state index in [1.807, 2.05) is 0 Å². The molecule has 0 N–H and O–H groups in total. The third-order valence-corrected chi connectivity index (χ3v) is 4.96. The van der Waals surface area contributed by atoms with E-state index in [0.717, 1.165) is 31.6 Å². The van der Waals surface area contributed by atoms with E-state index in [0.29, 0.717) is 12.5 Å². The van der Waals surface area contributed by atoms with E-state index in [1.165, 1.54) is 18.9 Å². The number of hydrogen-bond acceptors (Lipinski definition) is 3. The van der Waals surface area contributed by atoms with Crippen molar-refractivity contribution in [3.05, 3.63) is 47.8 Å². The summed E-state index contributed by atoms with van der Waals surface area (Å²) < 4.78 is 16.1. The fraction of sp³-hybridized carbons (Fsp3) is 0.500. The number of hydrogen-bond donors (Lipinski definition) is 0. The first kappa shape index (κ1) is 15.3. The van der Waals surface area contributed by atoms with Gasteiger partial charge in [-0.25, -0.2) is 4.39 Å². The maximum atomic E-state index is 14.0. The molecule has 2 aliphatic rings. The molecule has 0 bridgehead atoms. The first-order chi connectivity index (χ1) is 11.7. The molecule has 4 rings (SSSR count). The van der Waals surface area contributed by atoms with Crippen LogP contribution in [-0.2, 0) is 6.54 Å². The highest BCUT2D eigenvalue weighted by Gasteiger charge is 2.34. The summed E-state index contributed by atoms with van der Waals surface area (Å²) in [7, 11) is 0. The molecule has 2 heterocycles. The Balaban J connectivity index is 1.62. The number of aromatic nitrogens is 3. The zero-order chi connectivity index (χ0) is 16.5. The van der Waals surface area contributed by atoms with Crippen LogP contribution in [0.1, 0.15) is 54.3 Å². The van der Waals surface area contributed by atoms with E-state index in [2.05, 4.69) is 14.8 Å². The standard InChI is InChI=1S/C18H21FN4O/c19-15-6-2-1-5-14(15)18(24)23-10-4-3-7-16(23)17-21-20-12-22(17)11-13-8-9-13/h1-2,5-6,12-13,16H,3-4,7-11H2/t16-/m1/s1. The van der Waals surface area contributed by atoms with Crippen LogP contribution >= 0.6 is 0 Å². The van der Waals surface area contributed by atoms with Gasteiger partial charge in [-0.15, -0.1) is 10.2 Å². The average Bonchev–Trinajstić information content (AvgIpc) is 3.30. The van der Waals surface area contributed by atoms with Gasteiger partial charge in [0.15, 0.2) is 5.82 Å². The molecule has 1 saturated heterocycles. The second kappa shape index (κ2) is 6.34. The minimum Gasteiger partial charge on any atom is -0.328 e. The van der Waals surface area contributed by atoms with Gasteiger partial charge in [-0.3, -0.25) is 4.79 Å². The van der Waals surface area contributed by atoms with Gasteiger partial charge in [0.25, 0.3) is 5.91 Å². The molecule has 1 aliphatic heterocycles. The van der Waals surface area contributed by atoms with Crippen molar-refractivity contribution in [1.82, 2.24) is 19.7 Å². The second-order valence-corrected chi connectivity index (χ2v) is 6.77. The Labute approximate surface area is 140 Å². The van der Waals surface area contributed by atoms with Gasteiger partial charge in [-0.1, -0.05) is 12.1 Å². The first-order valence-electron chi connectivity index (χ1n) is 8.67. The lowest BCUT2D eigenvalue weighted by atomic mass is 9.99. The first-order valence-corrected chi connectivity index (χ1v) is 8.67. The summed E-state index contributed by atoms with van der Waals surface area (Å²) in [6.45, 7) is 1.55. The largest absolute Gasteiger partial charge is 0.328 e. The lowest BCUT2D eigenvalue weighted by Gasteiger charge is -2.35. The van der Waals surface area contributed by atoms with Crippen molar-refractivity contribution in [1.29, 1.82) is 0 Å². The second-order valence-electron chi connectivity index (χ2n) is 6.77. The number of rotatable bonds is 4. The van der Waals surface area contributed by atoms with E-state index in [1.54, 1.807) is 29.4 Å². The summed E-state index contributed by atoms with van der Waals surface area (Å²) in [4.78, 5) is 14.7. The highest BCUT2D eigenvalue weighted by atomic mass is 19.1. The predicted octanol–water partition coefficient (Wildman–Crippen LogP) is 3.19. The predicted molar refractivity (Wildman–Crippen MR) is 86.8 cm³/mol. The van der Waals surface area contributed by atoms with E-state index < -0.39 is 5.82 Å². The number of carbonyl (C=O) groups excluding carboxylic acids is 1. The Morgan fingerprint density at radius 1 is 1.21 bits per heavy atom. The zero-order valence-electron chi connectivity index (χ0n) is 13.6. The van der Waals surface area contributed by atoms with Crippen molar-refractivity contribution >= 4 is 5.91 Å². The van der Waals surface area contributed by atoms with Crippen LogP contribution in [0.2, 0.25) is 0 Å². The molecule has 1 aliphatic carbocycles. The number of nitrogens with zero attached hydrogens (tertiary/aromatic N) is 4. The number of benzene rings is 1. The van der Waals surface area contributed by atoms with Crippen LogP contribution < -0.4 is 0 Å². The third kappa shape index (κ3) is 2.92. The third-order valence-electron chi connectivity index (χ3n) is 4.96. The lowest BCUT2D eigenvalue weighted by Crippen LogP contribution is -2.40. The summed E-state index contributed by atoms with van der Waals surface area (Å²) in [6, 6.07) is 6.07. The summed E-state index contributed by atoms with van der Waals surface area (Å²) in [5.74, 6) is 0.829. The van der Waals surface area contributed by atoms with Gasteiger partial charge in [0.1, 0.15) is 12.1 Å². The molecule has 0 spiro atoms. The van der Waals surface area contributed by atoms with Crippen LogP contribution in [0.3, 0.4) is 0 Å². The molecule has 0 radical (unpaired) electrons. The van der Waals surface area contributed by atoms with Crippen LogP contribution in [0.4, 0.5) is 4.39 Å². The van der Waals surface area contributed by atoms with Gasteiger partial charge >= 0.3 is 0 Å². The Hall–Kier alpha value is -2.24. The maximum Gasteiger partial charge on any atom is 0.257 e. The van der Waals surface area contributed by atoms with Gasteiger partial charge in [-0.05, 0) is 50.2 Å². The molecule has 2 aromatic rings. The van der Waals surface area contributed by atoms with Gasteiger partial charge in [0.2, 0.25) is 0 Å². The van der Waals surface area contributed by atoms with E-state index in [4.69, 9.17) is 0 Å². The van der Waals surface area contributed by atoms with Crippen LogP contribution in [0.25, 0.3) is 0 Å². The fourth-order valence-electron chi connectivity index (χ4n) is 3.47. The normalized spacial score (nSPS) is 21.0. The average molecular weight is 328 g/mol. The number of halogens is 1. The highest BCUT2D eigenvalue weighted by Crippen LogP contribution is 2.34. The monoisotopic (exact) mass is 328 g/mol. The quantitative estimate of drug-likeness (QED) is 0.866. The van der Waals surface area contributed by atoms with Crippen LogP contribution in [0.5, 0.6) is 0 Å². The lowest BCUT2D eigenvalue weighted by molar-refractivity contribution is 0.0589. The summed E-state index contributed by atoms with van der Waals surface area (Å²) in [5.41, 5.74) is 0.137. The molecule has 6 heteroatoms. The van der Waals surface area contributed by atoms with Crippen LogP contribution in [0, 0.1) is 11.7 Å². The minimum atomic E-state index is -0.466. The zero-order valence-corrected chi connectivity index (χ0v) is 13.6. The Morgan fingerprint density at radius 2 is 2.04 bits per heavy atom. The summed E-state index contributed by atoms with van der Waals surface area (Å²) in [5, 5.41) is 8.36. The van der Waals surface area contributed by atoms with Gasteiger partial charge in [0, 0.05) is 13.1 Å². The minimum absolute atomic E-state index is 0.118. The summed E-state index contributed by atoms with van der Waals surface area (Å²) in [6.07, 6.45) is 7.09. The fourth-order valence-corrected chi connectivity index (χ4v) is 3.47. The highest BCUT2D eigenvalue weighted by molar-refractivity contribution is 5.94. The van der Waals surface area contributed by atoms with Gasteiger partial charge in [0.05, 0.1) is 11.6 Å². The van der Waals surface area contributed by atoms with Crippen LogP contribution in [-0.4, -0.2) is 32.1 Å². The molecular weight excluding hydrogens is 307 g/mol.